The Morgan fingerprint density at radius 1 is 0.667 bits per heavy atom. The lowest BCUT2D eigenvalue weighted by Gasteiger charge is -2.31. The number of hydrogen-bond acceptors (Lipinski definition) is 2. The van der Waals surface area contributed by atoms with Crippen molar-refractivity contribution in [3.63, 3.8) is 0 Å². The Hall–Kier alpha value is -4.79. The number of hydrogen-bond donors (Lipinski definition) is 0. The average molecular weight is 596 g/mol. The number of fused-ring (bicyclic) bond motifs is 7. The van der Waals surface area contributed by atoms with Crippen molar-refractivity contribution in [3.05, 3.63) is 162 Å². The van der Waals surface area contributed by atoms with Crippen LogP contribution in [0.15, 0.2) is 151 Å². The van der Waals surface area contributed by atoms with Gasteiger partial charge in [-0.15, -0.1) is 11.8 Å². The molecule has 0 aromatic heterocycles. The molecule has 0 amide bonds. The number of nitrogens with zero attached hydrogens (tertiary/aromatic N) is 1. The fourth-order valence-electron chi connectivity index (χ4n) is 7.68. The van der Waals surface area contributed by atoms with Crippen LogP contribution in [0.1, 0.15) is 37.0 Å². The third kappa shape index (κ3) is 4.09. The van der Waals surface area contributed by atoms with Gasteiger partial charge in [0.15, 0.2) is 0 Å². The van der Waals surface area contributed by atoms with Gasteiger partial charge in [-0.05, 0) is 81.1 Å². The van der Waals surface area contributed by atoms with Gasteiger partial charge >= 0.3 is 0 Å². The van der Waals surface area contributed by atoms with Crippen LogP contribution in [0.3, 0.4) is 0 Å². The number of allylic oxidation sites excluding steroid dienone is 3. The molecular formula is C43H33NS. The SMILES string of the molecule is CC1(C)c2ccccc2-c2c1cc1ccccc1c2N(c1ccc(-c2ccccc2)cc1)c1ccc2c(c1)SC1CC=CC=C21. The van der Waals surface area contributed by atoms with Crippen molar-refractivity contribution in [2.45, 2.75) is 35.8 Å². The Morgan fingerprint density at radius 3 is 2.27 bits per heavy atom. The molecular weight excluding hydrogens is 563 g/mol. The van der Waals surface area contributed by atoms with Crippen LogP contribution in [0.25, 0.3) is 38.6 Å². The lowest BCUT2D eigenvalue weighted by molar-refractivity contribution is 0.661. The molecule has 2 aliphatic carbocycles. The fourth-order valence-corrected chi connectivity index (χ4v) is 9.03. The molecule has 0 spiro atoms. The molecule has 1 unspecified atom stereocenters. The van der Waals surface area contributed by atoms with Crippen molar-refractivity contribution in [3.8, 4) is 22.3 Å². The molecule has 1 heterocycles. The molecule has 1 atom stereocenters. The number of thioether (sulfide) groups is 1. The second kappa shape index (κ2) is 10.1. The predicted molar refractivity (Wildman–Crippen MR) is 193 cm³/mol. The van der Waals surface area contributed by atoms with Crippen molar-refractivity contribution in [2.75, 3.05) is 4.90 Å². The largest absolute Gasteiger partial charge is 0.309 e. The van der Waals surface area contributed by atoms with Crippen LogP contribution in [0.5, 0.6) is 0 Å². The van der Waals surface area contributed by atoms with Gasteiger partial charge in [-0.25, -0.2) is 0 Å². The van der Waals surface area contributed by atoms with Crippen molar-refractivity contribution >= 4 is 45.2 Å². The Labute approximate surface area is 269 Å². The molecule has 6 aromatic rings. The van der Waals surface area contributed by atoms with E-state index in [-0.39, 0.29) is 5.41 Å². The van der Waals surface area contributed by atoms with Crippen LogP contribution in [-0.2, 0) is 5.41 Å². The maximum atomic E-state index is 2.53. The minimum Gasteiger partial charge on any atom is -0.309 e. The van der Waals surface area contributed by atoms with E-state index in [0.29, 0.717) is 5.25 Å². The summed E-state index contributed by atoms with van der Waals surface area (Å²) < 4.78 is 0. The Morgan fingerprint density at radius 2 is 1.40 bits per heavy atom. The number of rotatable bonds is 4. The molecule has 0 fully saturated rings. The van der Waals surface area contributed by atoms with Crippen LogP contribution in [-0.4, -0.2) is 5.25 Å². The van der Waals surface area contributed by atoms with Crippen molar-refractivity contribution in [2.24, 2.45) is 0 Å². The predicted octanol–water partition coefficient (Wildman–Crippen LogP) is 12.1. The summed E-state index contributed by atoms with van der Waals surface area (Å²) >= 11 is 2.01. The molecule has 3 aliphatic rings. The normalized spacial score (nSPS) is 16.9. The summed E-state index contributed by atoms with van der Waals surface area (Å²) in [6.45, 7) is 4.76. The van der Waals surface area contributed by atoms with E-state index >= 15 is 0 Å². The Balaban J connectivity index is 1.32. The average Bonchev–Trinajstić information content (AvgIpc) is 3.57. The molecule has 2 heteroatoms. The van der Waals surface area contributed by atoms with Gasteiger partial charge < -0.3 is 4.90 Å². The van der Waals surface area contributed by atoms with Gasteiger partial charge in [-0.2, -0.15) is 0 Å². The monoisotopic (exact) mass is 595 g/mol. The third-order valence-electron chi connectivity index (χ3n) is 9.93. The highest BCUT2D eigenvalue weighted by molar-refractivity contribution is 8.00. The number of benzene rings is 6. The first-order valence-electron chi connectivity index (χ1n) is 15.9. The Bertz CT molecular complexity index is 2190. The van der Waals surface area contributed by atoms with E-state index in [9.17, 15) is 0 Å². The van der Waals surface area contributed by atoms with Gasteiger partial charge in [0.05, 0.1) is 5.69 Å². The molecule has 0 saturated carbocycles. The van der Waals surface area contributed by atoms with E-state index in [2.05, 4.69) is 164 Å². The summed E-state index contributed by atoms with van der Waals surface area (Å²) in [6, 6.07) is 47.3. The summed E-state index contributed by atoms with van der Waals surface area (Å²) in [5.74, 6) is 0. The van der Waals surface area contributed by atoms with E-state index in [1.54, 1.807) is 0 Å². The molecule has 216 valence electrons. The van der Waals surface area contributed by atoms with Crippen molar-refractivity contribution < 1.29 is 0 Å². The summed E-state index contributed by atoms with van der Waals surface area (Å²) in [6.07, 6.45) is 7.92. The van der Waals surface area contributed by atoms with E-state index in [0.717, 1.165) is 12.1 Å². The van der Waals surface area contributed by atoms with Crippen LogP contribution in [0.4, 0.5) is 17.1 Å². The van der Waals surface area contributed by atoms with Gasteiger partial charge in [0.25, 0.3) is 0 Å². The lowest BCUT2D eigenvalue weighted by atomic mass is 9.81. The number of anilines is 3. The second-order valence-electron chi connectivity index (χ2n) is 12.9. The van der Waals surface area contributed by atoms with Gasteiger partial charge in [0, 0.05) is 37.9 Å². The zero-order valence-corrected chi connectivity index (χ0v) is 26.3. The quantitative estimate of drug-likeness (QED) is 0.199. The summed E-state index contributed by atoms with van der Waals surface area (Å²) in [5.41, 5.74) is 14.3. The van der Waals surface area contributed by atoms with Crippen LogP contribution < -0.4 is 4.90 Å². The lowest BCUT2D eigenvalue weighted by Crippen LogP contribution is -2.16. The molecule has 6 aromatic carbocycles. The molecule has 0 radical (unpaired) electrons. The van der Waals surface area contributed by atoms with E-state index in [1.807, 2.05) is 11.8 Å². The van der Waals surface area contributed by atoms with Crippen molar-refractivity contribution in [1.82, 2.24) is 0 Å². The summed E-state index contributed by atoms with van der Waals surface area (Å²) in [4.78, 5) is 3.90. The molecule has 0 N–H and O–H groups in total. The highest BCUT2D eigenvalue weighted by atomic mass is 32.2. The first kappa shape index (κ1) is 26.6. The van der Waals surface area contributed by atoms with E-state index in [4.69, 9.17) is 0 Å². The second-order valence-corrected chi connectivity index (χ2v) is 14.1. The topological polar surface area (TPSA) is 3.24 Å². The highest BCUT2D eigenvalue weighted by Crippen LogP contribution is 2.57. The maximum absolute atomic E-state index is 2.53. The highest BCUT2D eigenvalue weighted by Gasteiger charge is 2.39. The van der Waals surface area contributed by atoms with Gasteiger partial charge in [0.2, 0.25) is 0 Å². The maximum Gasteiger partial charge on any atom is 0.0621 e. The van der Waals surface area contributed by atoms with Gasteiger partial charge in [-0.1, -0.05) is 129 Å². The molecule has 0 saturated heterocycles. The molecule has 0 bridgehead atoms. The molecule has 1 nitrogen and oxygen atoms in total. The zero-order valence-electron chi connectivity index (χ0n) is 25.5. The minimum atomic E-state index is -0.101. The standard InChI is InChI=1S/C43H33NS/c1-43(2)37-18-10-8-17-36(37)41-38(43)26-30-14-6-7-15-33(30)42(41)44(31-22-20-29(21-23-31)28-12-4-3-5-13-28)32-24-25-35-34-16-9-11-19-39(34)45-40(35)27-32/h3-18,20-27,39H,19H2,1-2H3. The van der Waals surface area contributed by atoms with Crippen molar-refractivity contribution in [1.29, 1.82) is 0 Å². The van der Waals surface area contributed by atoms with E-state index in [1.165, 1.54) is 71.6 Å². The molecule has 45 heavy (non-hydrogen) atoms. The smallest absolute Gasteiger partial charge is 0.0621 e. The minimum absolute atomic E-state index is 0.101. The molecule has 1 aliphatic heterocycles. The first-order chi connectivity index (χ1) is 22.1. The van der Waals surface area contributed by atoms with Crippen LogP contribution in [0, 0.1) is 0 Å². The van der Waals surface area contributed by atoms with E-state index < -0.39 is 0 Å². The first-order valence-corrected chi connectivity index (χ1v) is 16.8. The summed E-state index contributed by atoms with van der Waals surface area (Å²) in [7, 11) is 0. The van der Waals surface area contributed by atoms with Gasteiger partial charge in [-0.3, -0.25) is 0 Å². The third-order valence-corrected chi connectivity index (χ3v) is 11.3. The zero-order chi connectivity index (χ0) is 30.1. The van der Waals surface area contributed by atoms with Gasteiger partial charge in [0.1, 0.15) is 0 Å². The van der Waals surface area contributed by atoms with Crippen LogP contribution in [0.2, 0.25) is 0 Å². The molecule has 9 rings (SSSR count). The summed E-state index contributed by atoms with van der Waals surface area (Å²) in [5, 5.41) is 3.05. The van der Waals surface area contributed by atoms with Crippen LogP contribution >= 0.6 is 11.8 Å². The Kier molecular flexibility index (Phi) is 5.98. The fraction of sp³-hybridized carbons (Fsp3) is 0.116.